The van der Waals surface area contributed by atoms with E-state index in [1.807, 2.05) is 6.07 Å². The zero-order valence-corrected chi connectivity index (χ0v) is 17.9. The van der Waals surface area contributed by atoms with E-state index in [0.29, 0.717) is 35.5 Å². The highest BCUT2D eigenvalue weighted by atomic mass is 16.5. The van der Waals surface area contributed by atoms with Crippen LogP contribution in [0, 0.1) is 34.5 Å². The average Bonchev–Trinajstić information content (AvgIpc) is 2.75. The third-order valence-electron chi connectivity index (χ3n) is 7.21. The molecule has 1 N–H and O–H groups in total. The third kappa shape index (κ3) is 4.58. The van der Waals surface area contributed by atoms with Crippen LogP contribution < -0.4 is 5.32 Å². The van der Waals surface area contributed by atoms with Crippen molar-refractivity contribution >= 4 is 23.5 Å². The summed E-state index contributed by atoms with van der Waals surface area (Å²) < 4.78 is 5.08. The largest absolute Gasteiger partial charge is 0.452 e. The molecule has 0 spiro atoms. The molecule has 2 amide bonds. The first-order chi connectivity index (χ1) is 14.9. The molecule has 4 aliphatic rings. The molecular formula is C24H29N3O4. The molecule has 0 heterocycles. The van der Waals surface area contributed by atoms with Crippen LogP contribution in [0.5, 0.6) is 0 Å². The molecule has 0 aliphatic heterocycles. The predicted octanol–water partition coefficient (Wildman–Crippen LogP) is 3.37. The lowest BCUT2D eigenvalue weighted by molar-refractivity contribution is -0.140. The Bertz CT molecular complexity index is 867. The number of nitriles is 1. The Hall–Kier alpha value is -2.88. The number of carbonyl (C=O) groups excluding carboxylic acids is 3. The van der Waals surface area contributed by atoms with E-state index in [2.05, 4.69) is 5.32 Å². The van der Waals surface area contributed by atoms with Crippen molar-refractivity contribution in [3.63, 3.8) is 0 Å². The summed E-state index contributed by atoms with van der Waals surface area (Å²) >= 11 is 0. The molecule has 164 valence electrons. The van der Waals surface area contributed by atoms with Gasteiger partial charge in [-0.3, -0.25) is 9.59 Å². The Morgan fingerprint density at radius 3 is 2.23 bits per heavy atom. The summed E-state index contributed by atoms with van der Waals surface area (Å²) in [6, 6.07) is 8.57. The molecule has 7 heteroatoms. The van der Waals surface area contributed by atoms with Gasteiger partial charge in [-0.1, -0.05) is 0 Å². The summed E-state index contributed by atoms with van der Waals surface area (Å²) in [6.07, 6.45) is 7.12. The van der Waals surface area contributed by atoms with Crippen LogP contribution in [0.4, 0.5) is 5.69 Å². The molecular weight excluding hydrogens is 394 g/mol. The van der Waals surface area contributed by atoms with Gasteiger partial charge < -0.3 is 15.0 Å². The molecule has 5 rings (SSSR count). The van der Waals surface area contributed by atoms with Crippen LogP contribution in [0.3, 0.4) is 0 Å². The third-order valence-corrected chi connectivity index (χ3v) is 7.21. The van der Waals surface area contributed by atoms with Gasteiger partial charge in [0.15, 0.2) is 6.61 Å². The van der Waals surface area contributed by atoms with Gasteiger partial charge in [0.1, 0.15) is 0 Å². The Morgan fingerprint density at radius 2 is 1.68 bits per heavy atom. The van der Waals surface area contributed by atoms with E-state index in [4.69, 9.17) is 10.00 Å². The summed E-state index contributed by atoms with van der Waals surface area (Å²) in [5.74, 6) is 1.28. The van der Waals surface area contributed by atoms with Crippen LogP contribution in [0.15, 0.2) is 24.3 Å². The number of hydrogen-bond donors (Lipinski definition) is 1. The molecule has 7 nitrogen and oxygen atoms in total. The van der Waals surface area contributed by atoms with E-state index in [-0.39, 0.29) is 30.3 Å². The molecule has 4 aliphatic carbocycles. The van der Waals surface area contributed by atoms with Crippen LogP contribution >= 0.6 is 0 Å². The maximum Gasteiger partial charge on any atom is 0.338 e. The zero-order valence-electron chi connectivity index (χ0n) is 17.9. The van der Waals surface area contributed by atoms with Gasteiger partial charge >= 0.3 is 5.97 Å². The number of amides is 2. The van der Waals surface area contributed by atoms with Crippen molar-refractivity contribution in [2.75, 3.05) is 25.5 Å². The highest BCUT2D eigenvalue weighted by Gasteiger charge is 2.54. The van der Waals surface area contributed by atoms with Gasteiger partial charge in [0.05, 0.1) is 23.5 Å². The van der Waals surface area contributed by atoms with Crippen LogP contribution in [0.2, 0.25) is 0 Å². The lowest BCUT2D eigenvalue weighted by atomic mass is 9.49. The number of hydrogen-bond acceptors (Lipinski definition) is 5. The van der Waals surface area contributed by atoms with Gasteiger partial charge in [-0.25, -0.2) is 4.79 Å². The molecule has 1 aromatic carbocycles. The molecule has 0 atom stereocenters. The Morgan fingerprint density at radius 1 is 1.10 bits per heavy atom. The van der Waals surface area contributed by atoms with Crippen molar-refractivity contribution in [3.8, 4) is 6.07 Å². The lowest BCUT2D eigenvalue weighted by Gasteiger charge is -2.55. The Kier molecular flexibility index (Phi) is 5.99. The number of ether oxygens (including phenoxy) is 1. The number of anilines is 1. The maximum atomic E-state index is 13.1. The van der Waals surface area contributed by atoms with E-state index < -0.39 is 5.97 Å². The van der Waals surface area contributed by atoms with Crippen molar-refractivity contribution in [2.45, 2.75) is 44.9 Å². The summed E-state index contributed by atoms with van der Waals surface area (Å²) in [6.45, 7) is -0.0731. The number of nitrogens with one attached hydrogen (secondary N) is 1. The van der Waals surface area contributed by atoms with E-state index in [1.54, 1.807) is 31.3 Å². The topological polar surface area (TPSA) is 99.5 Å². The second-order valence-corrected chi connectivity index (χ2v) is 9.53. The van der Waals surface area contributed by atoms with E-state index in [9.17, 15) is 14.4 Å². The number of esters is 1. The van der Waals surface area contributed by atoms with E-state index in [1.165, 1.54) is 24.2 Å². The first-order valence-corrected chi connectivity index (χ1v) is 11.1. The minimum Gasteiger partial charge on any atom is -0.452 e. The fraction of sp³-hybridized carbons (Fsp3) is 0.583. The average molecular weight is 424 g/mol. The van der Waals surface area contributed by atoms with Crippen molar-refractivity contribution in [1.82, 2.24) is 4.90 Å². The van der Waals surface area contributed by atoms with Gasteiger partial charge in [-0.2, -0.15) is 5.26 Å². The highest BCUT2D eigenvalue weighted by Crippen LogP contribution is 2.60. The first-order valence-electron chi connectivity index (χ1n) is 11.1. The SMILES string of the molecule is CN(CCC#N)C(=O)COC(=O)c1ccc(NC(=O)C23CC4CC(CC(C4)C2)C3)cc1. The second-order valence-electron chi connectivity index (χ2n) is 9.53. The van der Waals surface area contributed by atoms with Crippen LogP contribution in [0.25, 0.3) is 0 Å². The smallest absolute Gasteiger partial charge is 0.338 e. The molecule has 0 aromatic heterocycles. The molecule has 0 saturated heterocycles. The molecule has 0 unspecified atom stereocenters. The number of benzene rings is 1. The second kappa shape index (κ2) is 8.70. The predicted molar refractivity (Wildman–Crippen MR) is 114 cm³/mol. The molecule has 31 heavy (non-hydrogen) atoms. The summed E-state index contributed by atoms with van der Waals surface area (Å²) in [4.78, 5) is 38.6. The van der Waals surface area contributed by atoms with Crippen molar-refractivity contribution in [3.05, 3.63) is 29.8 Å². The number of nitrogens with zero attached hydrogens (tertiary/aromatic N) is 2. The molecule has 4 bridgehead atoms. The quantitative estimate of drug-likeness (QED) is 0.678. The zero-order chi connectivity index (χ0) is 22.0. The van der Waals surface area contributed by atoms with Gasteiger partial charge in [-0.05, 0) is 80.5 Å². The van der Waals surface area contributed by atoms with Crippen molar-refractivity contribution in [1.29, 1.82) is 5.26 Å². The fourth-order valence-electron chi connectivity index (χ4n) is 6.01. The number of likely N-dealkylation sites (N-methyl/N-ethyl adjacent to an activating group) is 1. The summed E-state index contributed by atoms with van der Waals surface area (Å²) in [5, 5.41) is 11.6. The standard InChI is InChI=1S/C24H29N3O4/c1-27(8-2-7-25)21(28)15-31-22(29)19-3-5-20(6-4-19)26-23(30)24-12-16-9-17(13-24)11-18(10-16)14-24/h3-6,16-18H,2,8-15H2,1H3,(H,26,30). The van der Waals surface area contributed by atoms with Crippen molar-refractivity contribution < 1.29 is 19.1 Å². The Labute approximate surface area is 182 Å². The normalized spacial score (nSPS) is 27.9. The van der Waals surface area contributed by atoms with E-state index >= 15 is 0 Å². The minimum absolute atomic E-state index is 0.118. The molecule has 1 aromatic rings. The van der Waals surface area contributed by atoms with Gasteiger partial charge in [-0.15, -0.1) is 0 Å². The molecule has 0 radical (unpaired) electrons. The van der Waals surface area contributed by atoms with Gasteiger partial charge in [0, 0.05) is 19.3 Å². The van der Waals surface area contributed by atoms with Crippen LogP contribution in [-0.2, 0) is 14.3 Å². The van der Waals surface area contributed by atoms with E-state index in [0.717, 1.165) is 19.3 Å². The molecule has 4 saturated carbocycles. The summed E-state index contributed by atoms with van der Waals surface area (Å²) in [7, 11) is 1.56. The minimum atomic E-state index is -0.596. The maximum absolute atomic E-state index is 13.1. The fourth-order valence-corrected chi connectivity index (χ4v) is 6.01. The van der Waals surface area contributed by atoms with Crippen LogP contribution in [0.1, 0.15) is 55.3 Å². The van der Waals surface area contributed by atoms with Crippen LogP contribution in [-0.4, -0.2) is 42.9 Å². The lowest BCUT2D eigenvalue weighted by Crippen LogP contribution is -2.51. The van der Waals surface area contributed by atoms with Gasteiger partial charge in [0.25, 0.3) is 5.91 Å². The highest BCUT2D eigenvalue weighted by molar-refractivity contribution is 5.96. The summed E-state index contributed by atoms with van der Waals surface area (Å²) in [5.41, 5.74) is 0.773. The Balaban J connectivity index is 1.30. The van der Waals surface area contributed by atoms with Crippen molar-refractivity contribution in [2.24, 2.45) is 23.2 Å². The molecule has 4 fully saturated rings. The number of rotatable bonds is 7. The monoisotopic (exact) mass is 423 g/mol. The first kappa shape index (κ1) is 21.4. The van der Waals surface area contributed by atoms with Gasteiger partial charge in [0.2, 0.25) is 5.91 Å². The number of carbonyl (C=O) groups is 3.